The molecule has 3 aromatic rings. The molecule has 0 saturated carbocycles. The normalized spacial score (nSPS) is 10.4. The van der Waals surface area contributed by atoms with Crippen molar-refractivity contribution in [1.82, 2.24) is 14.3 Å². The van der Waals surface area contributed by atoms with Gasteiger partial charge in [-0.25, -0.2) is 0 Å². The van der Waals surface area contributed by atoms with Crippen molar-refractivity contribution in [2.75, 3.05) is 7.11 Å². The number of hydrogen-bond acceptors (Lipinski definition) is 6. The van der Waals surface area contributed by atoms with Crippen molar-refractivity contribution in [1.29, 1.82) is 0 Å². The maximum Gasteiger partial charge on any atom is 0.337 e. The van der Waals surface area contributed by atoms with Crippen LogP contribution in [-0.2, 0) is 0 Å². The molecule has 0 spiro atoms. The molecule has 0 radical (unpaired) electrons. The summed E-state index contributed by atoms with van der Waals surface area (Å²) < 4.78 is 6.88. The number of benzene rings is 2. The summed E-state index contributed by atoms with van der Waals surface area (Å²) >= 11 is 5.32. The van der Waals surface area contributed by atoms with Gasteiger partial charge in [-0.3, -0.25) is 19.0 Å². The molecule has 0 amide bonds. The van der Waals surface area contributed by atoms with Crippen molar-refractivity contribution in [3.63, 3.8) is 0 Å². The lowest BCUT2D eigenvalue weighted by Gasteiger charge is -2.03. The molecule has 0 bridgehead atoms. The fourth-order valence-corrected chi connectivity index (χ4v) is 2.88. The predicted octanol–water partition coefficient (Wildman–Crippen LogP) is 2.32. The van der Waals surface area contributed by atoms with Gasteiger partial charge in [0.15, 0.2) is 11.5 Å². The van der Waals surface area contributed by atoms with Crippen LogP contribution in [0.3, 0.4) is 0 Å². The highest BCUT2D eigenvalue weighted by atomic mass is 32.1. The average Bonchev–Trinajstić information content (AvgIpc) is 2.78. The van der Waals surface area contributed by atoms with E-state index >= 15 is 0 Å². The van der Waals surface area contributed by atoms with Gasteiger partial charge in [0, 0.05) is 6.92 Å². The molecule has 2 aromatic carbocycles. The van der Waals surface area contributed by atoms with Crippen LogP contribution in [0.2, 0.25) is 0 Å². The Morgan fingerprint density at radius 2 is 1.59 bits per heavy atom. The maximum absolute atomic E-state index is 12.9. The van der Waals surface area contributed by atoms with E-state index < -0.39 is 16.9 Å². The average molecular weight is 381 g/mol. The minimum absolute atomic E-state index is 0.122. The molecule has 1 aromatic heterocycles. The van der Waals surface area contributed by atoms with Gasteiger partial charge in [-0.2, -0.15) is 9.78 Å². The number of Topliss-reactive ketones (excluding diaryl/α,β-unsaturated/α-hetero) is 1. The minimum atomic E-state index is -0.928. The zero-order valence-electron chi connectivity index (χ0n) is 14.6. The van der Waals surface area contributed by atoms with E-state index in [0.717, 1.165) is 9.25 Å². The molecule has 0 N–H and O–H groups in total. The van der Waals surface area contributed by atoms with E-state index in [1.54, 1.807) is 54.6 Å². The lowest BCUT2D eigenvalue weighted by molar-refractivity contribution is 0.101. The third-order valence-electron chi connectivity index (χ3n) is 3.85. The topological polar surface area (TPSA) is 83.2 Å². The van der Waals surface area contributed by atoms with Crippen molar-refractivity contribution < 1.29 is 9.53 Å². The first-order valence-electron chi connectivity index (χ1n) is 7.95. The van der Waals surface area contributed by atoms with Crippen LogP contribution >= 0.6 is 12.2 Å². The molecule has 27 heavy (non-hydrogen) atoms. The predicted molar refractivity (Wildman–Crippen MR) is 103 cm³/mol. The van der Waals surface area contributed by atoms with Gasteiger partial charge in [0.25, 0.3) is 0 Å². The molecular weight excluding hydrogens is 366 g/mol. The van der Waals surface area contributed by atoms with Gasteiger partial charge in [0.05, 0.1) is 18.5 Å². The van der Waals surface area contributed by atoms with Crippen LogP contribution in [0.1, 0.15) is 17.4 Å². The molecule has 136 valence electrons. The van der Waals surface area contributed by atoms with Crippen LogP contribution in [0.4, 0.5) is 0 Å². The highest BCUT2D eigenvalue weighted by Crippen LogP contribution is 2.13. The molecule has 7 nitrogen and oxygen atoms in total. The maximum atomic E-state index is 12.9. The Bertz CT molecular complexity index is 1180. The fourth-order valence-electron chi connectivity index (χ4n) is 2.50. The molecule has 0 saturated heterocycles. The number of carbonyl (C=O) groups is 1. The van der Waals surface area contributed by atoms with E-state index in [1.165, 1.54) is 14.0 Å². The van der Waals surface area contributed by atoms with Crippen LogP contribution < -0.4 is 15.9 Å². The van der Waals surface area contributed by atoms with Gasteiger partial charge in [-0.1, -0.05) is 30.4 Å². The number of methoxy groups -OCH3 is 1. The second kappa shape index (κ2) is 7.46. The van der Waals surface area contributed by atoms with Gasteiger partial charge in [0.2, 0.25) is 0 Å². The summed E-state index contributed by atoms with van der Waals surface area (Å²) in [6.45, 7) is 1.28. The smallest absolute Gasteiger partial charge is 0.337 e. The van der Waals surface area contributed by atoms with Gasteiger partial charge >= 0.3 is 11.1 Å². The molecule has 0 aliphatic rings. The van der Waals surface area contributed by atoms with Gasteiger partial charge in [0.1, 0.15) is 10.4 Å². The Morgan fingerprint density at radius 3 is 2.15 bits per heavy atom. The largest absolute Gasteiger partial charge is 0.497 e. The van der Waals surface area contributed by atoms with Crippen LogP contribution in [0.5, 0.6) is 5.75 Å². The summed E-state index contributed by atoms with van der Waals surface area (Å²) in [4.78, 5) is 37.8. The lowest BCUT2D eigenvalue weighted by atomic mass is 10.3. The number of ether oxygens (including phenoxy) is 1. The fraction of sp³-hybridized carbons (Fsp3) is 0.105. The standard InChI is InChI=1S/C19H15N3O4S/c1-12(23)16-19(27)21(13-6-4-3-5-7-13)17(24)18(25)22(20-16)14-8-10-15(26-2)11-9-14/h3-11H,1-2H3. The molecule has 1 heterocycles. The summed E-state index contributed by atoms with van der Waals surface area (Å²) in [5.74, 6) is 0.117. The van der Waals surface area contributed by atoms with Crippen LogP contribution in [-0.4, -0.2) is 27.2 Å². The first-order chi connectivity index (χ1) is 12.9. The van der Waals surface area contributed by atoms with E-state index in [9.17, 15) is 14.4 Å². The molecule has 0 atom stereocenters. The number of aromatic nitrogens is 3. The zero-order chi connectivity index (χ0) is 19.6. The Balaban J connectivity index is 2.43. The van der Waals surface area contributed by atoms with Gasteiger partial charge in [-0.05, 0) is 36.4 Å². The molecule has 0 aliphatic heterocycles. The Hall–Kier alpha value is -3.39. The first kappa shape index (κ1) is 18.4. The number of ketones is 1. The number of hydrogen-bond donors (Lipinski definition) is 0. The number of rotatable bonds is 4. The quantitative estimate of drug-likeness (QED) is 0.392. The summed E-state index contributed by atoms with van der Waals surface area (Å²) in [6.07, 6.45) is 0. The highest BCUT2D eigenvalue weighted by molar-refractivity contribution is 7.71. The SMILES string of the molecule is COc1ccc(-n2nc(C(C)=O)c(=S)n(-c3ccccc3)c(=O)c2=O)cc1. The zero-order valence-corrected chi connectivity index (χ0v) is 15.4. The third kappa shape index (κ3) is 3.47. The highest BCUT2D eigenvalue weighted by Gasteiger charge is 2.16. The Labute approximate surface area is 159 Å². The monoisotopic (exact) mass is 381 g/mol. The van der Waals surface area contributed by atoms with Crippen molar-refractivity contribution in [3.05, 3.63) is 85.6 Å². The first-order valence-corrected chi connectivity index (χ1v) is 8.36. The van der Waals surface area contributed by atoms with E-state index in [4.69, 9.17) is 17.0 Å². The minimum Gasteiger partial charge on any atom is -0.497 e. The second-order valence-corrected chi connectivity index (χ2v) is 5.99. The summed E-state index contributed by atoms with van der Waals surface area (Å²) in [6, 6.07) is 14.8. The molecular formula is C19H15N3O4S. The van der Waals surface area contributed by atoms with Crippen molar-refractivity contribution in [3.8, 4) is 17.1 Å². The van der Waals surface area contributed by atoms with E-state index in [1.807, 2.05) is 0 Å². The van der Waals surface area contributed by atoms with Crippen molar-refractivity contribution in [2.24, 2.45) is 0 Å². The summed E-state index contributed by atoms with van der Waals surface area (Å²) in [7, 11) is 1.51. The molecule has 0 fully saturated rings. The van der Waals surface area contributed by atoms with Crippen molar-refractivity contribution in [2.45, 2.75) is 6.92 Å². The van der Waals surface area contributed by atoms with Crippen LogP contribution in [0, 0.1) is 4.64 Å². The second-order valence-electron chi connectivity index (χ2n) is 5.60. The lowest BCUT2D eigenvalue weighted by Crippen LogP contribution is -2.37. The van der Waals surface area contributed by atoms with Crippen molar-refractivity contribution >= 4 is 18.0 Å². The van der Waals surface area contributed by atoms with E-state index in [-0.39, 0.29) is 10.3 Å². The number of para-hydroxylation sites is 1. The summed E-state index contributed by atoms with van der Waals surface area (Å²) in [5, 5.41) is 4.10. The summed E-state index contributed by atoms with van der Waals surface area (Å²) in [5.41, 5.74) is -1.29. The number of carbonyl (C=O) groups excluding carboxylic acids is 1. The molecule has 0 unspecified atom stereocenters. The Kier molecular flexibility index (Phi) is 5.09. The third-order valence-corrected chi connectivity index (χ3v) is 4.22. The number of nitrogens with zero attached hydrogens (tertiary/aromatic N) is 3. The van der Waals surface area contributed by atoms with Gasteiger partial charge < -0.3 is 4.74 Å². The molecule has 8 heteroatoms. The van der Waals surface area contributed by atoms with E-state index in [0.29, 0.717) is 17.1 Å². The van der Waals surface area contributed by atoms with Gasteiger partial charge in [-0.15, -0.1) is 0 Å². The molecule has 3 rings (SSSR count). The van der Waals surface area contributed by atoms with E-state index in [2.05, 4.69) is 5.10 Å². The van der Waals surface area contributed by atoms with Crippen LogP contribution in [0.15, 0.2) is 64.2 Å². The Morgan fingerprint density at radius 1 is 0.963 bits per heavy atom. The van der Waals surface area contributed by atoms with Crippen LogP contribution in [0.25, 0.3) is 11.4 Å². The molecule has 0 aliphatic carbocycles.